The Balaban J connectivity index is 1.25. The minimum Gasteiger partial charge on any atom is -0.425 e. The van der Waals surface area contributed by atoms with E-state index in [1.807, 2.05) is 0 Å². The van der Waals surface area contributed by atoms with E-state index in [0.29, 0.717) is 55.4 Å². The number of piperazine rings is 1. The van der Waals surface area contributed by atoms with E-state index in [0.717, 1.165) is 24.0 Å². The molecule has 0 bridgehead atoms. The largest absolute Gasteiger partial charge is 0.425 e. The van der Waals surface area contributed by atoms with Crippen molar-refractivity contribution in [1.82, 2.24) is 14.8 Å². The summed E-state index contributed by atoms with van der Waals surface area (Å²) < 4.78 is 5.38. The fourth-order valence-corrected chi connectivity index (χ4v) is 4.19. The van der Waals surface area contributed by atoms with Crippen LogP contribution in [0.25, 0.3) is 11.1 Å². The molecule has 1 aromatic carbocycles. The third-order valence-corrected chi connectivity index (χ3v) is 6.66. The number of hydrogen-bond acceptors (Lipinski definition) is 6. The van der Waals surface area contributed by atoms with Crippen molar-refractivity contribution in [2.24, 2.45) is 5.92 Å². The van der Waals surface area contributed by atoms with E-state index < -0.39 is 5.60 Å². The third-order valence-electron chi connectivity index (χ3n) is 6.35. The first-order valence-electron chi connectivity index (χ1n) is 11.1. The lowest BCUT2D eigenvalue weighted by atomic mass is 10.0. The summed E-state index contributed by atoms with van der Waals surface area (Å²) in [6, 6.07) is 6.88. The fraction of sp³-hybridized carbons (Fsp3) is 0.417. The van der Waals surface area contributed by atoms with Crippen molar-refractivity contribution < 1.29 is 24.2 Å². The monoisotopic (exact) mass is 469 g/mol. The van der Waals surface area contributed by atoms with Crippen molar-refractivity contribution in [2.75, 3.05) is 26.2 Å². The molecular formula is C24H24ClN3O5. The molecule has 1 aliphatic heterocycles. The average Bonchev–Trinajstić information content (AvgIpc) is 3.75. The molecule has 1 N–H and O–H groups in total. The predicted octanol–water partition coefficient (Wildman–Crippen LogP) is 2.53. The first kappa shape index (κ1) is 21.9. The van der Waals surface area contributed by atoms with E-state index in [-0.39, 0.29) is 23.7 Å². The molecule has 2 saturated carbocycles. The Labute approximate surface area is 196 Å². The van der Waals surface area contributed by atoms with Gasteiger partial charge in [-0.1, -0.05) is 17.7 Å². The lowest BCUT2D eigenvalue weighted by molar-refractivity contribution is -0.144. The first-order chi connectivity index (χ1) is 15.8. The molecule has 0 spiro atoms. The van der Waals surface area contributed by atoms with Crippen molar-refractivity contribution in [3.05, 3.63) is 47.2 Å². The summed E-state index contributed by atoms with van der Waals surface area (Å²) in [5, 5.41) is 10.3. The highest BCUT2D eigenvalue weighted by atomic mass is 35.5. The van der Waals surface area contributed by atoms with Gasteiger partial charge in [0, 0.05) is 37.9 Å². The quantitative estimate of drug-likeness (QED) is 0.675. The van der Waals surface area contributed by atoms with Gasteiger partial charge < -0.3 is 19.6 Å². The van der Waals surface area contributed by atoms with Crippen LogP contribution in [0, 0.1) is 5.92 Å². The van der Waals surface area contributed by atoms with Crippen molar-refractivity contribution in [1.29, 1.82) is 0 Å². The Hall–Kier alpha value is -2.97. The smallest absolute Gasteiger partial charge is 0.314 e. The number of pyridine rings is 1. The van der Waals surface area contributed by atoms with Gasteiger partial charge in [0.1, 0.15) is 11.4 Å². The van der Waals surface area contributed by atoms with Gasteiger partial charge in [-0.15, -0.1) is 0 Å². The number of rotatable bonds is 5. The fourth-order valence-electron chi connectivity index (χ4n) is 3.93. The maximum atomic E-state index is 13.0. The van der Waals surface area contributed by atoms with Crippen molar-refractivity contribution in [2.45, 2.75) is 31.3 Å². The summed E-state index contributed by atoms with van der Waals surface area (Å²) in [5.41, 5.74) is 0.669. The summed E-state index contributed by atoms with van der Waals surface area (Å²) in [7, 11) is 0. The number of benzene rings is 1. The summed E-state index contributed by atoms with van der Waals surface area (Å²) >= 11 is 6.46. The second kappa shape index (κ2) is 8.43. The number of aliphatic hydroxyl groups is 1. The molecule has 0 radical (unpaired) electrons. The number of hydrogen-bond donors (Lipinski definition) is 1. The van der Waals surface area contributed by atoms with Gasteiger partial charge >= 0.3 is 5.97 Å². The molecule has 2 aromatic rings. The second-order valence-corrected chi connectivity index (χ2v) is 9.32. The Morgan fingerprint density at radius 1 is 1.00 bits per heavy atom. The van der Waals surface area contributed by atoms with Crippen molar-refractivity contribution in [3.63, 3.8) is 0 Å². The van der Waals surface area contributed by atoms with E-state index in [9.17, 15) is 19.5 Å². The van der Waals surface area contributed by atoms with Crippen LogP contribution in [-0.4, -0.2) is 69.5 Å². The number of nitrogens with zero attached hydrogens (tertiary/aromatic N) is 3. The van der Waals surface area contributed by atoms with Gasteiger partial charge in [-0.2, -0.15) is 0 Å². The van der Waals surface area contributed by atoms with Gasteiger partial charge in [0.05, 0.1) is 22.7 Å². The number of amides is 2. The average molecular weight is 470 g/mol. The number of carbonyl (C=O) groups excluding carboxylic acids is 3. The third kappa shape index (κ3) is 4.58. The Bertz CT molecular complexity index is 1120. The van der Waals surface area contributed by atoms with Crippen LogP contribution in [0.15, 0.2) is 36.7 Å². The van der Waals surface area contributed by atoms with E-state index in [2.05, 4.69) is 4.98 Å². The molecule has 1 aromatic heterocycles. The maximum Gasteiger partial charge on any atom is 0.314 e. The molecule has 8 nitrogen and oxygen atoms in total. The number of ether oxygens (including phenoxy) is 1. The minimum atomic E-state index is -1.19. The Morgan fingerprint density at radius 3 is 2.33 bits per heavy atom. The summed E-state index contributed by atoms with van der Waals surface area (Å²) in [4.78, 5) is 44.7. The normalized spacial score (nSPS) is 19.2. The minimum absolute atomic E-state index is 0.00755. The van der Waals surface area contributed by atoms with Crippen LogP contribution in [0.3, 0.4) is 0 Å². The molecule has 2 aliphatic carbocycles. The van der Waals surface area contributed by atoms with Crippen molar-refractivity contribution in [3.8, 4) is 16.9 Å². The number of esters is 1. The highest BCUT2D eigenvalue weighted by Gasteiger charge is 2.50. The number of halogens is 1. The van der Waals surface area contributed by atoms with Crippen LogP contribution in [-0.2, 0) is 9.59 Å². The van der Waals surface area contributed by atoms with Gasteiger partial charge in [-0.3, -0.25) is 19.4 Å². The zero-order valence-corrected chi connectivity index (χ0v) is 18.8. The van der Waals surface area contributed by atoms with Gasteiger partial charge in [0.25, 0.3) is 11.8 Å². The van der Waals surface area contributed by atoms with E-state index in [1.165, 1.54) is 6.20 Å². The van der Waals surface area contributed by atoms with Crippen LogP contribution in [0.2, 0.25) is 5.02 Å². The molecule has 5 rings (SSSR count). The molecule has 33 heavy (non-hydrogen) atoms. The molecule has 172 valence electrons. The highest BCUT2D eigenvalue weighted by molar-refractivity contribution is 6.34. The number of aromatic nitrogens is 1. The summed E-state index contributed by atoms with van der Waals surface area (Å²) in [5.74, 6) is -0.304. The zero-order valence-electron chi connectivity index (χ0n) is 18.0. The lowest BCUT2D eigenvalue weighted by Gasteiger charge is -2.36. The van der Waals surface area contributed by atoms with Crippen LogP contribution in [0.1, 0.15) is 36.0 Å². The SMILES string of the molecule is O=C(Oc1cncc(-c2ccc(C(=O)N3CCN(C(=O)C4(O)CC4)CC3)c(Cl)c2)c1)C1CC1. The summed E-state index contributed by atoms with van der Waals surface area (Å²) in [6.07, 6.45) is 5.89. The Morgan fingerprint density at radius 2 is 1.70 bits per heavy atom. The topological polar surface area (TPSA) is 100 Å². The Kier molecular flexibility index (Phi) is 5.58. The van der Waals surface area contributed by atoms with Crippen LogP contribution in [0.5, 0.6) is 5.75 Å². The molecule has 3 aliphatic rings. The lowest BCUT2D eigenvalue weighted by Crippen LogP contribution is -2.53. The second-order valence-electron chi connectivity index (χ2n) is 8.92. The molecule has 2 heterocycles. The van der Waals surface area contributed by atoms with Crippen LogP contribution >= 0.6 is 11.6 Å². The predicted molar refractivity (Wildman–Crippen MR) is 120 cm³/mol. The zero-order chi connectivity index (χ0) is 23.2. The number of carbonyl (C=O) groups is 3. The van der Waals surface area contributed by atoms with Gasteiger partial charge in [-0.05, 0) is 49.4 Å². The summed E-state index contributed by atoms with van der Waals surface area (Å²) in [6.45, 7) is 1.55. The first-order valence-corrected chi connectivity index (χ1v) is 11.5. The molecular weight excluding hydrogens is 446 g/mol. The van der Waals surface area contributed by atoms with Crippen LogP contribution < -0.4 is 4.74 Å². The highest BCUT2D eigenvalue weighted by Crippen LogP contribution is 2.37. The van der Waals surface area contributed by atoms with Gasteiger partial charge in [0.15, 0.2) is 0 Å². The van der Waals surface area contributed by atoms with Crippen molar-refractivity contribution >= 4 is 29.4 Å². The molecule has 0 atom stereocenters. The molecule has 3 fully saturated rings. The van der Waals surface area contributed by atoms with E-state index in [4.69, 9.17) is 16.3 Å². The van der Waals surface area contributed by atoms with Crippen LogP contribution in [0.4, 0.5) is 0 Å². The molecule has 9 heteroatoms. The molecule has 0 unspecified atom stereocenters. The molecule has 1 saturated heterocycles. The standard InChI is InChI=1S/C24H24ClN3O5/c25-20-12-16(17-11-18(14-26-13-17)33-22(30)15-1-2-15)3-4-19(20)21(29)27-7-9-28(10-8-27)23(31)24(32)5-6-24/h3-4,11-15,32H,1-2,5-10H2. The van der Waals surface area contributed by atoms with Gasteiger partial charge in [0.2, 0.25) is 0 Å². The van der Waals surface area contributed by atoms with Gasteiger partial charge in [-0.25, -0.2) is 0 Å². The molecule has 2 amide bonds. The van der Waals surface area contributed by atoms with E-state index in [1.54, 1.807) is 40.3 Å². The maximum absolute atomic E-state index is 13.0. The van der Waals surface area contributed by atoms with E-state index >= 15 is 0 Å².